The summed E-state index contributed by atoms with van der Waals surface area (Å²) in [6.07, 6.45) is 5.89. The maximum Gasteiger partial charge on any atom is 0.0846 e. The zero-order valence-electron chi connectivity index (χ0n) is 7.57. The van der Waals surface area contributed by atoms with E-state index in [4.69, 9.17) is 0 Å². The van der Waals surface area contributed by atoms with Gasteiger partial charge in [0.05, 0.1) is 12.1 Å². The van der Waals surface area contributed by atoms with Gasteiger partial charge in [-0.25, -0.2) is 0 Å². The standard InChI is InChI=1S/C10H14N2/c1-10(2)8-6-4-3-5-7(6)9(10)12-11-8/h3-4,6-9H,5H2,1-2H3/t6-,7+,8-,9+/m0/s1. The minimum atomic E-state index is 0.333. The molecule has 4 atom stereocenters. The van der Waals surface area contributed by atoms with Crippen molar-refractivity contribution in [3.8, 4) is 0 Å². The molecule has 64 valence electrons. The third-order valence-electron chi connectivity index (χ3n) is 3.87. The van der Waals surface area contributed by atoms with Crippen LogP contribution < -0.4 is 0 Å². The van der Waals surface area contributed by atoms with Crippen LogP contribution in [0.5, 0.6) is 0 Å². The van der Waals surface area contributed by atoms with Crippen LogP contribution in [0.25, 0.3) is 0 Å². The molecule has 1 fully saturated rings. The molecule has 0 amide bonds. The molecule has 1 saturated carbocycles. The van der Waals surface area contributed by atoms with Crippen LogP contribution in [-0.2, 0) is 0 Å². The molecule has 2 nitrogen and oxygen atoms in total. The van der Waals surface area contributed by atoms with Gasteiger partial charge >= 0.3 is 0 Å². The molecule has 0 aromatic carbocycles. The monoisotopic (exact) mass is 162 g/mol. The number of allylic oxidation sites excluding steroid dienone is 1. The molecule has 3 rings (SSSR count). The van der Waals surface area contributed by atoms with E-state index in [0.717, 1.165) is 5.92 Å². The van der Waals surface area contributed by atoms with Crippen molar-refractivity contribution in [1.82, 2.24) is 0 Å². The van der Waals surface area contributed by atoms with Crippen molar-refractivity contribution in [3.05, 3.63) is 12.2 Å². The molecule has 0 saturated heterocycles. The van der Waals surface area contributed by atoms with E-state index in [1.54, 1.807) is 0 Å². The summed E-state index contributed by atoms with van der Waals surface area (Å²) in [6, 6.07) is 0.980. The average Bonchev–Trinajstić information content (AvgIpc) is 2.60. The van der Waals surface area contributed by atoms with Crippen LogP contribution >= 0.6 is 0 Å². The second-order valence-electron chi connectivity index (χ2n) is 4.85. The fourth-order valence-corrected chi connectivity index (χ4v) is 3.20. The van der Waals surface area contributed by atoms with Crippen molar-refractivity contribution in [2.45, 2.75) is 32.4 Å². The number of hydrogen-bond acceptors (Lipinski definition) is 2. The lowest BCUT2D eigenvalue weighted by molar-refractivity contribution is 0.319. The lowest BCUT2D eigenvalue weighted by Crippen LogP contribution is -2.27. The van der Waals surface area contributed by atoms with Crippen LogP contribution in [0.2, 0.25) is 0 Å². The quantitative estimate of drug-likeness (QED) is 0.489. The van der Waals surface area contributed by atoms with Gasteiger partial charge in [0, 0.05) is 11.3 Å². The topological polar surface area (TPSA) is 24.7 Å². The molecule has 0 N–H and O–H groups in total. The fourth-order valence-electron chi connectivity index (χ4n) is 3.20. The largest absolute Gasteiger partial charge is 0.190 e. The van der Waals surface area contributed by atoms with Crippen molar-refractivity contribution in [2.75, 3.05) is 0 Å². The van der Waals surface area contributed by atoms with E-state index in [2.05, 4.69) is 36.2 Å². The number of azo groups is 1. The molecule has 1 heterocycles. The van der Waals surface area contributed by atoms with Gasteiger partial charge in [0.2, 0.25) is 0 Å². The van der Waals surface area contributed by atoms with Gasteiger partial charge in [-0.3, -0.25) is 0 Å². The van der Waals surface area contributed by atoms with E-state index >= 15 is 0 Å². The van der Waals surface area contributed by atoms with Crippen LogP contribution in [0, 0.1) is 17.3 Å². The molecule has 0 unspecified atom stereocenters. The molecule has 0 spiro atoms. The van der Waals surface area contributed by atoms with E-state index in [9.17, 15) is 0 Å². The maximum atomic E-state index is 4.38. The predicted molar refractivity (Wildman–Crippen MR) is 47.0 cm³/mol. The molecule has 2 bridgehead atoms. The predicted octanol–water partition coefficient (Wildman–Crippen LogP) is 2.42. The highest BCUT2D eigenvalue weighted by Crippen LogP contribution is 2.56. The molecule has 3 aliphatic rings. The van der Waals surface area contributed by atoms with Gasteiger partial charge in [-0.15, -0.1) is 0 Å². The molecular formula is C10H14N2. The van der Waals surface area contributed by atoms with Crippen molar-refractivity contribution < 1.29 is 0 Å². The van der Waals surface area contributed by atoms with Crippen molar-refractivity contribution in [3.63, 3.8) is 0 Å². The highest BCUT2D eigenvalue weighted by Gasteiger charge is 2.59. The van der Waals surface area contributed by atoms with E-state index in [1.165, 1.54) is 6.42 Å². The van der Waals surface area contributed by atoms with E-state index in [1.807, 2.05) is 0 Å². The maximum absolute atomic E-state index is 4.38. The molecule has 2 heteroatoms. The molecule has 0 radical (unpaired) electrons. The average molecular weight is 162 g/mol. The Bertz CT molecular complexity index is 278. The zero-order chi connectivity index (χ0) is 8.34. The Kier molecular flexibility index (Phi) is 1.03. The molecule has 0 aromatic heterocycles. The van der Waals surface area contributed by atoms with Crippen LogP contribution in [0.3, 0.4) is 0 Å². The molecular weight excluding hydrogens is 148 g/mol. The first-order valence-corrected chi connectivity index (χ1v) is 4.78. The molecule has 0 aromatic rings. The first-order valence-electron chi connectivity index (χ1n) is 4.78. The summed E-state index contributed by atoms with van der Waals surface area (Å²) in [5.41, 5.74) is 0.333. The number of rotatable bonds is 0. The number of hydrogen-bond donors (Lipinski definition) is 0. The second kappa shape index (κ2) is 1.81. The van der Waals surface area contributed by atoms with Crippen LogP contribution in [-0.4, -0.2) is 12.1 Å². The van der Waals surface area contributed by atoms with Gasteiger partial charge in [0.15, 0.2) is 0 Å². The van der Waals surface area contributed by atoms with E-state index in [-0.39, 0.29) is 0 Å². The highest BCUT2D eigenvalue weighted by molar-refractivity contribution is 5.21. The summed E-state index contributed by atoms with van der Waals surface area (Å²) in [5, 5.41) is 8.76. The Labute approximate surface area is 72.8 Å². The van der Waals surface area contributed by atoms with Gasteiger partial charge in [0.1, 0.15) is 0 Å². The van der Waals surface area contributed by atoms with Crippen LogP contribution in [0.15, 0.2) is 22.4 Å². The Morgan fingerprint density at radius 3 is 2.75 bits per heavy atom. The lowest BCUT2D eigenvalue weighted by Gasteiger charge is -2.21. The first-order chi connectivity index (χ1) is 5.71. The number of fused-ring (bicyclic) bond motifs is 5. The highest BCUT2D eigenvalue weighted by atomic mass is 15.2. The number of nitrogens with zero attached hydrogens (tertiary/aromatic N) is 2. The van der Waals surface area contributed by atoms with Crippen molar-refractivity contribution in [1.29, 1.82) is 0 Å². The van der Waals surface area contributed by atoms with Gasteiger partial charge in [0.25, 0.3) is 0 Å². The van der Waals surface area contributed by atoms with Crippen molar-refractivity contribution >= 4 is 0 Å². The summed E-state index contributed by atoms with van der Waals surface area (Å²) in [4.78, 5) is 0. The van der Waals surface area contributed by atoms with Gasteiger partial charge in [-0.2, -0.15) is 10.2 Å². The second-order valence-corrected chi connectivity index (χ2v) is 4.85. The summed E-state index contributed by atoms with van der Waals surface area (Å²) < 4.78 is 0. The third-order valence-corrected chi connectivity index (χ3v) is 3.87. The Hall–Kier alpha value is -0.660. The normalized spacial score (nSPS) is 51.8. The fraction of sp³-hybridized carbons (Fsp3) is 0.800. The van der Waals surface area contributed by atoms with Crippen LogP contribution in [0.1, 0.15) is 20.3 Å². The summed E-state index contributed by atoms with van der Waals surface area (Å²) >= 11 is 0. The molecule has 2 aliphatic carbocycles. The smallest absolute Gasteiger partial charge is 0.0846 e. The summed E-state index contributed by atoms with van der Waals surface area (Å²) in [6.45, 7) is 4.63. The Balaban J connectivity index is 2.08. The minimum Gasteiger partial charge on any atom is -0.190 e. The zero-order valence-corrected chi connectivity index (χ0v) is 7.57. The Morgan fingerprint density at radius 2 is 2.00 bits per heavy atom. The molecule has 12 heavy (non-hydrogen) atoms. The summed E-state index contributed by atoms with van der Waals surface area (Å²) in [5.74, 6) is 1.49. The minimum absolute atomic E-state index is 0.333. The van der Waals surface area contributed by atoms with Crippen LogP contribution in [0.4, 0.5) is 0 Å². The van der Waals surface area contributed by atoms with E-state index < -0.39 is 0 Å². The Morgan fingerprint density at radius 1 is 1.25 bits per heavy atom. The third kappa shape index (κ3) is 0.551. The first kappa shape index (κ1) is 6.81. The SMILES string of the molecule is CC1(C)[C@@H]2N=N[C@H]1[C@H]1C=CC[C@H]12. The van der Waals surface area contributed by atoms with Gasteiger partial charge < -0.3 is 0 Å². The summed E-state index contributed by atoms with van der Waals surface area (Å²) in [7, 11) is 0. The van der Waals surface area contributed by atoms with Gasteiger partial charge in [-0.1, -0.05) is 26.0 Å². The van der Waals surface area contributed by atoms with Gasteiger partial charge in [-0.05, 0) is 12.3 Å². The van der Waals surface area contributed by atoms with Crippen molar-refractivity contribution in [2.24, 2.45) is 27.5 Å². The lowest BCUT2D eigenvalue weighted by atomic mass is 9.83. The molecule has 1 aliphatic heterocycles. The van der Waals surface area contributed by atoms with E-state index in [0.29, 0.717) is 23.4 Å².